The summed E-state index contributed by atoms with van der Waals surface area (Å²) in [7, 11) is 0. The van der Waals surface area contributed by atoms with Gasteiger partial charge in [-0.3, -0.25) is 4.90 Å². The molecule has 4 aliphatic heterocycles. The van der Waals surface area contributed by atoms with Crippen molar-refractivity contribution in [1.82, 2.24) is 4.90 Å². The standard InChI is InChI=1S/C21H31NO4/c1-3-22-16-20(25)9-12-18(2)6-5-13(26-17(18)22)21(12,16)11-8-10-4-7-19(20,24)14(11)15(10)23/h10-17,23-25H,3-9H2,1-2H3. The minimum Gasteiger partial charge on any atom is -0.392 e. The Hall–Kier alpha value is -0.200. The maximum atomic E-state index is 12.2. The van der Waals surface area contributed by atoms with Crippen LogP contribution in [-0.2, 0) is 4.74 Å². The highest BCUT2D eigenvalue weighted by atomic mass is 16.5. The number of fused-ring (bicyclic) bond motifs is 3. The first kappa shape index (κ1) is 15.7. The Labute approximate surface area is 154 Å². The van der Waals surface area contributed by atoms with E-state index in [0.29, 0.717) is 24.7 Å². The number of rotatable bonds is 1. The first-order valence-corrected chi connectivity index (χ1v) is 10.9. The Morgan fingerprint density at radius 2 is 1.96 bits per heavy atom. The fraction of sp³-hybridized carbons (Fsp3) is 1.00. The van der Waals surface area contributed by atoms with Gasteiger partial charge in [-0.1, -0.05) is 13.8 Å². The molecule has 5 nitrogen and oxygen atoms in total. The molecule has 9 fully saturated rings. The number of aliphatic hydroxyl groups excluding tert-OH is 1. The second kappa shape index (κ2) is 4.06. The predicted octanol–water partition coefficient (Wildman–Crippen LogP) is 1.10. The van der Waals surface area contributed by atoms with Gasteiger partial charge in [0.1, 0.15) is 17.4 Å². The van der Waals surface area contributed by atoms with Gasteiger partial charge in [-0.2, -0.15) is 0 Å². The van der Waals surface area contributed by atoms with Gasteiger partial charge in [-0.05, 0) is 62.8 Å². The van der Waals surface area contributed by atoms with Gasteiger partial charge in [-0.25, -0.2) is 0 Å². The second-order valence-electron chi connectivity index (χ2n) is 11.0. The van der Waals surface area contributed by atoms with Crippen LogP contribution in [0.5, 0.6) is 0 Å². The highest BCUT2D eigenvalue weighted by Crippen LogP contribution is 2.83. The average molecular weight is 361 g/mol. The minimum atomic E-state index is -1.14. The summed E-state index contributed by atoms with van der Waals surface area (Å²) in [6.07, 6.45) is 5.27. The molecule has 0 aromatic heterocycles. The zero-order valence-corrected chi connectivity index (χ0v) is 15.8. The molecule has 5 aliphatic carbocycles. The quantitative estimate of drug-likeness (QED) is 0.652. The van der Waals surface area contributed by atoms with E-state index in [1.165, 1.54) is 0 Å². The maximum Gasteiger partial charge on any atom is 0.117 e. The summed E-state index contributed by atoms with van der Waals surface area (Å²) in [5.74, 6) is 0.820. The van der Waals surface area contributed by atoms with Crippen molar-refractivity contribution in [2.75, 3.05) is 6.54 Å². The number of nitrogens with zero attached hydrogens (tertiary/aromatic N) is 1. The monoisotopic (exact) mass is 361 g/mol. The molecule has 9 aliphatic rings. The van der Waals surface area contributed by atoms with E-state index in [4.69, 9.17) is 4.74 Å². The molecule has 12 atom stereocenters. The highest BCUT2D eigenvalue weighted by Gasteiger charge is 2.90. The van der Waals surface area contributed by atoms with Crippen molar-refractivity contribution in [1.29, 1.82) is 0 Å². The molecule has 5 heteroatoms. The van der Waals surface area contributed by atoms with Crippen molar-refractivity contribution in [3.05, 3.63) is 0 Å². The lowest BCUT2D eigenvalue weighted by Crippen LogP contribution is -2.85. The van der Waals surface area contributed by atoms with Gasteiger partial charge in [0, 0.05) is 16.7 Å². The first-order chi connectivity index (χ1) is 12.3. The fourth-order valence-corrected chi connectivity index (χ4v) is 10.3. The van der Waals surface area contributed by atoms with Crippen LogP contribution in [0.2, 0.25) is 0 Å². The third-order valence-corrected chi connectivity index (χ3v) is 10.9. The number of aliphatic hydroxyl groups is 3. The Bertz CT molecular complexity index is 716. The van der Waals surface area contributed by atoms with Gasteiger partial charge in [0.2, 0.25) is 0 Å². The maximum absolute atomic E-state index is 12.2. The van der Waals surface area contributed by atoms with Crippen LogP contribution < -0.4 is 0 Å². The van der Waals surface area contributed by atoms with Crippen molar-refractivity contribution >= 4 is 0 Å². The van der Waals surface area contributed by atoms with Gasteiger partial charge in [-0.15, -0.1) is 0 Å². The van der Waals surface area contributed by atoms with Crippen LogP contribution in [0.15, 0.2) is 0 Å². The molecule has 12 unspecified atom stereocenters. The summed E-state index contributed by atoms with van der Waals surface area (Å²) in [4.78, 5) is 2.42. The lowest BCUT2D eigenvalue weighted by atomic mass is 9.41. The lowest BCUT2D eigenvalue weighted by Gasteiger charge is -2.76. The summed E-state index contributed by atoms with van der Waals surface area (Å²) < 4.78 is 6.71. The Kier molecular flexibility index (Phi) is 2.45. The summed E-state index contributed by atoms with van der Waals surface area (Å²) in [5.41, 5.74) is -2.26. The minimum absolute atomic E-state index is 0.00238. The molecule has 9 bridgehead atoms. The Morgan fingerprint density at radius 3 is 2.73 bits per heavy atom. The van der Waals surface area contributed by atoms with Gasteiger partial charge < -0.3 is 20.1 Å². The van der Waals surface area contributed by atoms with Crippen LogP contribution in [0, 0.1) is 34.5 Å². The molecule has 144 valence electrons. The van der Waals surface area contributed by atoms with E-state index < -0.39 is 17.3 Å². The fourth-order valence-electron chi connectivity index (χ4n) is 10.3. The highest BCUT2D eigenvalue weighted by molar-refractivity contribution is 5.39. The summed E-state index contributed by atoms with van der Waals surface area (Å²) >= 11 is 0. The van der Waals surface area contributed by atoms with Gasteiger partial charge >= 0.3 is 0 Å². The van der Waals surface area contributed by atoms with Crippen molar-refractivity contribution in [2.45, 2.75) is 88.1 Å². The first-order valence-electron chi connectivity index (χ1n) is 10.9. The van der Waals surface area contributed by atoms with Crippen LogP contribution in [-0.4, -0.2) is 62.4 Å². The third-order valence-electron chi connectivity index (χ3n) is 10.9. The van der Waals surface area contributed by atoms with E-state index in [0.717, 1.165) is 32.2 Å². The smallest absolute Gasteiger partial charge is 0.117 e. The SMILES string of the molecule is CCN1C2OC3CCC2(C)C2CC4(O)C1C32C1CC2CCC4(O)C1C2O. The molecular formula is C21H31NO4. The lowest BCUT2D eigenvalue weighted by molar-refractivity contribution is -0.403. The van der Waals surface area contributed by atoms with E-state index in [-0.39, 0.29) is 41.0 Å². The topological polar surface area (TPSA) is 73.2 Å². The van der Waals surface area contributed by atoms with E-state index in [9.17, 15) is 15.3 Å². The molecule has 0 amide bonds. The van der Waals surface area contributed by atoms with E-state index in [1.807, 2.05) is 0 Å². The molecule has 26 heavy (non-hydrogen) atoms. The van der Waals surface area contributed by atoms with Gasteiger partial charge in [0.25, 0.3) is 0 Å². The van der Waals surface area contributed by atoms with Crippen LogP contribution in [0.25, 0.3) is 0 Å². The number of hydrogen-bond acceptors (Lipinski definition) is 5. The largest absolute Gasteiger partial charge is 0.392 e. The molecule has 0 radical (unpaired) electrons. The van der Waals surface area contributed by atoms with Crippen LogP contribution in [0.3, 0.4) is 0 Å². The van der Waals surface area contributed by atoms with Gasteiger partial charge in [0.05, 0.1) is 18.2 Å². The molecule has 0 aromatic carbocycles. The normalized spacial score (nSPS) is 72.3. The van der Waals surface area contributed by atoms with E-state index >= 15 is 0 Å². The molecular weight excluding hydrogens is 330 g/mol. The van der Waals surface area contributed by atoms with Gasteiger partial charge in [0.15, 0.2) is 0 Å². The molecule has 4 heterocycles. The molecule has 9 rings (SSSR count). The Balaban J connectivity index is 1.56. The predicted molar refractivity (Wildman–Crippen MR) is 92.9 cm³/mol. The molecule has 3 N–H and O–H groups in total. The zero-order valence-electron chi connectivity index (χ0n) is 15.8. The average Bonchev–Trinajstić information content (AvgIpc) is 3.00. The van der Waals surface area contributed by atoms with Crippen molar-refractivity contribution in [3.8, 4) is 0 Å². The van der Waals surface area contributed by atoms with Crippen LogP contribution in [0.1, 0.15) is 52.4 Å². The molecule has 4 saturated heterocycles. The van der Waals surface area contributed by atoms with Crippen LogP contribution >= 0.6 is 0 Å². The third kappa shape index (κ3) is 1.15. The molecule has 5 saturated carbocycles. The number of piperidine rings is 1. The van der Waals surface area contributed by atoms with E-state index in [2.05, 4.69) is 18.7 Å². The van der Waals surface area contributed by atoms with Crippen molar-refractivity contribution in [2.24, 2.45) is 34.5 Å². The summed E-state index contributed by atoms with van der Waals surface area (Å²) in [6, 6.07) is -0.00238. The number of likely N-dealkylation sites (N-methyl/N-ethyl adjacent to an activating group) is 1. The van der Waals surface area contributed by atoms with Crippen molar-refractivity contribution in [3.63, 3.8) is 0 Å². The molecule has 0 aromatic rings. The van der Waals surface area contributed by atoms with Crippen LogP contribution in [0.4, 0.5) is 0 Å². The number of ether oxygens (including phenoxy) is 1. The summed E-state index contributed by atoms with van der Waals surface area (Å²) in [5, 5.41) is 35.3. The second-order valence-corrected chi connectivity index (χ2v) is 11.0. The molecule has 1 spiro atoms. The van der Waals surface area contributed by atoms with Crippen molar-refractivity contribution < 1.29 is 20.1 Å². The zero-order chi connectivity index (χ0) is 17.9. The Morgan fingerprint density at radius 1 is 1.15 bits per heavy atom. The summed E-state index contributed by atoms with van der Waals surface area (Å²) in [6.45, 7) is 5.41. The number of hydrogen-bond donors (Lipinski definition) is 3. The van der Waals surface area contributed by atoms with E-state index in [1.54, 1.807) is 0 Å².